The highest BCUT2D eigenvalue weighted by atomic mass is 16.5. The highest BCUT2D eigenvalue weighted by molar-refractivity contribution is 6.02. The number of benzene rings is 1. The van der Waals surface area contributed by atoms with Crippen LogP contribution in [0.3, 0.4) is 0 Å². The van der Waals surface area contributed by atoms with Crippen LogP contribution in [0, 0.1) is 11.8 Å². The Labute approximate surface area is 231 Å². The van der Waals surface area contributed by atoms with E-state index in [9.17, 15) is 19.5 Å². The van der Waals surface area contributed by atoms with Crippen molar-refractivity contribution in [1.82, 2.24) is 10.2 Å². The molecule has 3 amide bonds. The molecule has 1 spiro atoms. The number of carbonyl (C=O) groups excluding carboxylic acids is 3. The molecule has 39 heavy (non-hydrogen) atoms. The molecule has 1 saturated carbocycles. The van der Waals surface area contributed by atoms with E-state index in [0.29, 0.717) is 43.7 Å². The van der Waals surface area contributed by atoms with Crippen LogP contribution in [0.5, 0.6) is 5.75 Å². The summed E-state index contributed by atoms with van der Waals surface area (Å²) in [7, 11) is 0. The van der Waals surface area contributed by atoms with Gasteiger partial charge >= 0.3 is 0 Å². The number of amides is 3. The van der Waals surface area contributed by atoms with E-state index in [4.69, 9.17) is 9.47 Å². The lowest BCUT2D eigenvalue weighted by Gasteiger charge is -2.38. The van der Waals surface area contributed by atoms with Crippen LogP contribution in [0.1, 0.15) is 78.6 Å². The number of hydrogen-bond acceptors (Lipinski definition) is 6. The van der Waals surface area contributed by atoms with Crippen molar-refractivity contribution in [3.05, 3.63) is 24.3 Å². The van der Waals surface area contributed by atoms with Gasteiger partial charge in [-0.2, -0.15) is 0 Å². The van der Waals surface area contributed by atoms with Crippen molar-refractivity contribution in [2.75, 3.05) is 18.5 Å². The average Bonchev–Trinajstić information content (AvgIpc) is 3.55. The zero-order chi connectivity index (χ0) is 27.8. The van der Waals surface area contributed by atoms with E-state index in [2.05, 4.69) is 10.6 Å². The number of carbonyl (C=O) groups is 3. The maximum absolute atomic E-state index is 14.2. The Morgan fingerprint density at radius 1 is 1.10 bits per heavy atom. The van der Waals surface area contributed by atoms with Gasteiger partial charge in [0.1, 0.15) is 17.4 Å². The summed E-state index contributed by atoms with van der Waals surface area (Å²) in [5.41, 5.74) is -1.29. The van der Waals surface area contributed by atoms with Gasteiger partial charge in [0, 0.05) is 11.7 Å². The molecule has 3 saturated heterocycles. The third-order valence-electron chi connectivity index (χ3n) is 9.61. The van der Waals surface area contributed by atoms with Gasteiger partial charge in [0.15, 0.2) is 0 Å². The molecule has 9 nitrogen and oxygen atoms in total. The van der Waals surface area contributed by atoms with Gasteiger partial charge in [-0.05, 0) is 69.7 Å². The van der Waals surface area contributed by atoms with Gasteiger partial charge in [-0.15, -0.1) is 0 Å². The summed E-state index contributed by atoms with van der Waals surface area (Å²) in [6.07, 6.45) is 7.36. The fourth-order valence-corrected chi connectivity index (χ4v) is 7.71. The Balaban J connectivity index is 1.48. The SMILES string of the molecule is CCOc1ccc(NC(=O)[C@H]2[C@H]3C(=O)N([C@@H](CC)CO)C(C(=O)NC4CCCCC4)C34CC[C@]2(CC)O4)cc1. The van der Waals surface area contributed by atoms with Crippen molar-refractivity contribution >= 4 is 23.4 Å². The average molecular weight is 542 g/mol. The minimum absolute atomic E-state index is 0.0744. The van der Waals surface area contributed by atoms with Crippen LogP contribution in [0.2, 0.25) is 0 Å². The molecule has 4 aliphatic rings. The van der Waals surface area contributed by atoms with Gasteiger partial charge in [-0.3, -0.25) is 14.4 Å². The van der Waals surface area contributed by atoms with E-state index in [1.54, 1.807) is 29.2 Å². The lowest BCUT2D eigenvalue weighted by atomic mass is 9.65. The van der Waals surface area contributed by atoms with Crippen LogP contribution in [0.15, 0.2) is 24.3 Å². The van der Waals surface area contributed by atoms with Crippen molar-refractivity contribution in [1.29, 1.82) is 0 Å². The summed E-state index contributed by atoms with van der Waals surface area (Å²) in [5, 5.41) is 16.5. The first kappa shape index (κ1) is 27.9. The van der Waals surface area contributed by atoms with Crippen LogP contribution < -0.4 is 15.4 Å². The van der Waals surface area contributed by atoms with Gasteiger partial charge in [-0.1, -0.05) is 33.1 Å². The fourth-order valence-electron chi connectivity index (χ4n) is 7.71. The number of nitrogens with one attached hydrogen (secondary N) is 2. The summed E-state index contributed by atoms with van der Waals surface area (Å²) in [5.74, 6) is -1.55. The lowest BCUT2D eigenvalue weighted by Crippen LogP contribution is -2.59. The lowest BCUT2D eigenvalue weighted by molar-refractivity contribution is -0.150. The molecule has 3 N–H and O–H groups in total. The normalized spacial score (nSPS) is 32.7. The molecule has 1 aliphatic carbocycles. The molecule has 4 fully saturated rings. The molecule has 3 heterocycles. The first-order valence-corrected chi connectivity index (χ1v) is 14.8. The molecule has 5 rings (SSSR count). The second-order valence-corrected chi connectivity index (χ2v) is 11.6. The van der Waals surface area contributed by atoms with Gasteiger partial charge in [0.05, 0.1) is 36.7 Å². The van der Waals surface area contributed by atoms with Crippen LogP contribution in [0.25, 0.3) is 0 Å². The number of aliphatic hydroxyl groups excluding tert-OH is 1. The molecule has 9 heteroatoms. The monoisotopic (exact) mass is 541 g/mol. The number of anilines is 1. The largest absolute Gasteiger partial charge is 0.494 e. The molecule has 1 aromatic rings. The second kappa shape index (κ2) is 11.1. The Hall–Kier alpha value is -2.65. The third-order valence-corrected chi connectivity index (χ3v) is 9.61. The van der Waals surface area contributed by atoms with E-state index < -0.39 is 35.1 Å². The standard InChI is InChI=1S/C30H43N3O6/c1-4-21(18-34)33-25(27(36)32-19-10-8-7-9-11-19)30-17-16-29(5-2,39-30)23(24(30)28(33)37)26(35)31-20-12-14-22(15-13-20)38-6-3/h12-15,19,21,23-25,34H,4-11,16-18H2,1-3H3,(H,31,35)(H,32,36)/t21-,23+,24-,25?,29-,30?/m0/s1. The highest BCUT2D eigenvalue weighted by Crippen LogP contribution is 2.64. The summed E-state index contributed by atoms with van der Waals surface area (Å²) >= 11 is 0. The first-order valence-electron chi connectivity index (χ1n) is 14.8. The number of aliphatic hydroxyl groups is 1. The molecule has 3 aliphatic heterocycles. The van der Waals surface area contributed by atoms with Crippen molar-refractivity contribution < 1.29 is 29.0 Å². The third kappa shape index (κ3) is 4.61. The predicted molar refractivity (Wildman–Crippen MR) is 146 cm³/mol. The number of likely N-dealkylation sites (tertiary alicyclic amines) is 1. The number of hydrogen-bond donors (Lipinski definition) is 3. The van der Waals surface area contributed by atoms with E-state index in [0.717, 1.165) is 25.7 Å². The summed E-state index contributed by atoms with van der Waals surface area (Å²) in [6.45, 7) is 6.10. The van der Waals surface area contributed by atoms with Gasteiger partial charge in [0.2, 0.25) is 17.7 Å². The Kier molecular flexibility index (Phi) is 7.93. The summed E-state index contributed by atoms with van der Waals surface area (Å²) < 4.78 is 12.3. The zero-order valence-corrected chi connectivity index (χ0v) is 23.4. The maximum atomic E-state index is 14.2. The molecule has 2 bridgehead atoms. The van der Waals surface area contributed by atoms with Crippen molar-refractivity contribution in [3.8, 4) is 5.75 Å². The van der Waals surface area contributed by atoms with E-state index in [1.807, 2.05) is 20.8 Å². The molecule has 0 radical (unpaired) electrons. The number of rotatable bonds is 10. The predicted octanol–water partition coefficient (Wildman–Crippen LogP) is 3.40. The van der Waals surface area contributed by atoms with E-state index in [1.165, 1.54) is 6.42 Å². The van der Waals surface area contributed by atoms with Crippen molar-refractivity contribution in [2.45, 2.75) is 108 Å². The van der Waals surface area contributed by atoms with Crippen LogP contribution in [-0.4, -0.2) is 70.3 Å². The smallest absolute Gasteiger partial charge is 0.246 e. The topological polar surface area (TPSA) is 117 Å². The molecule has 0 aromatic heterocycles. The van der Waals surface area contributed by atoms with Gasteiger partial charge < -0.3 is 30.1 Å². The fraction of sp³-hybridized carbons (Fsp3) is 0.700. The maximum Gasteiger partial charge on any atom is 0.246 e. The zero-order valence-electron chi connectivity index (χ0n) is 23.4. The highest BCUT2D eigenvalue weighted by Gasteiger charge is 2.79. The molecular weight excluding hydrogens is 498 g/mol. The minimum Gasteiger partial charge on any atom is -0.494 e. The van der Waals surface area contributed by atoms with Crippen molar-refractivity contribution in [3.63, 3.8) is 0 Å². The van der Waals surface area contributed by atoms with Crippen LogP contribution in [-0.2, 0) is 19.1 Å². The molecule has 214 valence electrons. The van der Waals surface area contributed by atoms with Gasteiger partial charge in [0.25, 0.3) is 0 Å². The summed E-state index contributed by atoms with van der Waals surface area (Å²) in [6, 6.07) is 5.86. The molecule has 1 aromatic carbocycles. The molecule has 2 unspecified atom stereocenters. The number of fused-ring (bicyclic) bond motifs is 1. The van der Waals surface area contributed by atoms with Crippen LogP contribution in [0.4, 0.5) is 5.69 Å². The summed E-state index contributed by atoms with van der Waals surface area (Å²) in [4.78, 5) is 43.7. The quantitative estimate of drug-likeness (QED) is 0.418. The van der Waals surface area contributed by atoms with Gasteiger partial charge in [-0.25, -0.2) is 0 Å². The van der Waals surface area contributed by atoms with E-state index >= 15 is 0 Å². The number of ether oxygens (including phenoxy) is 2. The Morgan fingerprint density at radius 2 is 1.82 bits per heavy atom. The Morgan fingerprint density at radius 3 is 2.44 bits per heavy atom. The van der Waals surface area contributed by atoms with Crippen molar-refractivity contribution in [2.24, 2.45) is 11.8 Å². The Bertz CT molecular complexity index is 1070. The number of nitrogens with zero attached hydrogens (tertiary/aromatic N) is 1. The minimum atomic E-state index is -1.09. The second-order valence-electron chi connectivity index (χ2n) is 11.6. The van der Waals surface area contributed by atoms with E-state index in [-0.39, 0.29) is 30.4 Å². The molecular formula is C30H43N3O6. The molecule has 6 atom stereocenters. The van der Waals surface area contributed by atoms with Crippen LogP contribution >= 0.6 is 0 Å². The first-order chi connectivity index (χ1) is 18.8.